The van der Waals surface area contributed by atoms with Gasteiger partial charge in [0, 0.05) is 11.6 Å². The zero-order valence-electron chi connectivity index (χ0n) is 15.8. The minimum absolute atomic E-state index is 0.157. The summed E-state index contributed by atoms with van der Waals surface area (Å²) in [5, 5.41) is 8.17. The maximum atomic E-state index is 12.2. The fourth-order valence-electron chi connectivity index (χ4n) is 2.77. The van der Waals surface area contributed by atoms with Crippen LogP contribution in [0, 0.1) is 6.92 Å². The minimum atomic E-state index is -0.460. The van der Waals surface area contributed by atoms with Gasteiger partial charge in [0.2, 0.25) is 5.88 Å². The highest BCUT2D eigenvalue weighted by Crippen LogP contribution is 2.25. The van der Waals surface area contributed by atoms with Crippen molar-refractivity contribution >= 4 is 5.97 Å². The van der Waals surface area contributed by atoms with Gasteiger partial charge in [-0.2, -0.15) is 0 Å². The number of benzene rings is 3. The first-order valence-corrected chi connectivity index (χ1v) is 9.13. The number of aryl methyl sites for hydroxylation is 1. The number of esters is 1. The van der Waals surface area contributed by atoms with E-state index < -0.39 is 5.97 Å². The Morgan fingerprint density at radius 2 is 1.52 bits per heavy atom. The van der Waals surface area contributed by atoms with E-state index in [9.17, 15) is 4.79 Å². The molecule has 0 N–H and O–H groups in total. The maximum Gasteiger partial charge on any atom is 0.344 e. The summed E-state index contributed by atoms with van der Waals surface area (Å²) in [6, 6.07) is 27.7. The first kappa shape index (κ1) is 18.4. The third kappa shape index (κ3) is 4.65. The van der Waals surface area contributed by atoms with E-state index in [1.807, 2.05) is 73.7 Å². The van der Waals surface area contributed by atoms with Gasteiger partial charge in [0.25, 0.3) is 0 Å². The summed E-state index contributed by atoms with van der Waals surface area (Å²) in [6.07, 6.45) is 0. The molecule has 0 saturated carbocycles. The molecule has 29 heavy (non-hydrogen) atoms. The van der Waals surface area contributed by atoms with Gasteiger partial charge >= 0.3 is 5.97 Å². The van der Waals surface area contributed by atoms with Crippen LogP contribution in [0.15, 0.2) is 91.0 Å². The van der Waals surface area contributed by atoms with Crippen molar-refractivity contribution < 1.29 is 14.3 Å². The number of ether oxygens (including phenoxy) is 2. The van der Waals surface area contributed by atoms with Crippen molar-refractivity contribution in [2.24, 2.45) is 0 Å². The molecule has 0 radical (unpaired) electrons. The van der Waals surface area contributed by atoms with Crippen molar-refractivity contribution in [3.8, 4) is 28.6 Å². The Kier molecular flexibility index (Phi) is 5.29. The maximum absolute atomic E-state index is 12.2. The molecule has 4 aromatic rings. The third-order valence-corrected chi connectivity index (χ3v) is 4.22. The fourth-order valence-corrected chi connectivity index (χ4v) is 2.77. The summed E-state index contributed by atoms with van der Waals surface area (Å²) in [5.41, 5.74) is 3.02. The fraction of sp³-hybridized carbons (Fsp3) is 0.0417. The van der Waals surface area contributed by atoms with Crippen molar-refractivity contribution in [2.45, 2.75) is 6.92 Å². The second kappa shape index (κ2) is 8.35. The molecule has 0 unspecified atom stereocenters. The lowest BCUT2D eigenvalue weighted by molar-refractivity contribution is 0.0725. The quantitative estimate of drug-likeness (QED) is 0.429. The molecule has 0 bridgehead atoms. The second-order valence-corrected chi connectivity index (χ2v) is 6.46. The first-order valence-electron chi connectivity index (χ1n) is 9.13. The van der Waals surface area contributed by atoms with Crippen LogP contribution in [0.25, 0.3) is 11.3 Å². The first-order chi connectivity index (χ1) is 14.2. The molecule has 0 aliphatic heterocycles. The number of rotatable bonds is 5. The number of nitrogens with zero attached hydrogens (tertiary/aromatic N) is 2. The van der Waals surface area contributed by atoms with Crippen LogP contribution in [0.4, 0.5) is 0 Å². The third-order valence-electron chi connectivity index (χ3n) is 4.22. The standard InChI is InChI=1S/C24H18N2O3/c1-17-6-5-7-19(16-17)24(27)29-23-15-14-22(25-26-23)18-10-12-21(13-11-18)28-20-8-3-2-4-9-20/h2-16H,1H3. The van der Waals surface area contributed by atoms with Crippen molar-refractivity contribution in [1.29, 1.82) is 0 Å². The highest BCUT2D eigenvalue weighted by molar-refractivity contribution is 5.91. The lowest BCUT2D eigenvalue weighted by atomic mass is 10.1. The highest BCUT2D eigenvalue weighted by atomic mass is 16.5. The molecule has 0 fully saturated rings. The van der Waals surface area contributed by atoms with Gasteiger partial charge in [-0.1, -0.05) is 35.9 Å². The molecule has 1 heterocycles. The summed E-state index contributed by atoms with van der Waals surface area (Å²) in [5.74, 6) is 1.21. The second-order valence-electron chi connectivity index (χ2n) is 6.46. The van der Waals surface area contributed by atoms with Gasteiger partial charge in [-0.05, 0) is 61.5 Å². The van der Waals surface area contributed by atoms with E-state index in [-0.39, 0.29) is 5.88 Å². The molecule has 0 saturated heterocycles. The largest absolute Gasteiger partial charge is 0.457 e. The Bertz CT molecular complexity index is 1110. The predicted molar refractivity (Wildman–Crippen MR) is 110 cm³/mol. The Balaban J connectivity index is 1.43. The number of hydrogen-bond donors (Lipinski definition) is 0. The molecule has 0 aliphatic carbocycles. The lowest BCUT2D eigenvalue weighted by Crippen LogP contribution is -2.10. The number of para-hydroxylation sites is 1. The van der Waals surface area contributed by atoms with Crippen LogP contribution in [0.1, 0.15) is 15.9 Å². The normalized spacial score (nSPS) is 10.4. The van der Waals surface area contributed by atoms with Crippen LogP contribution < -0.4 is 9.47 Å². The van der Waals surface area contributed by atoms with Crippen molar-refractivity contribution in [1.82, 2.24) is 10.2 Å². The SMILES string of the molecule is Cc1cccc(C(=O)Oc2ccc(-c3ccc(Oc4ccccc4)cc3)nn2)c1. The van der Waals surface area contributed by atoms with E-state index in [1.54, 1.807) is 24.3 Å². The van der Waals surface area contributed by atoms with Gasteiger partial charge in [-0.15, -0.1) is 10.2 Å². The number of carbonyl (C=O) groups excluding carboxylic acids is 1. The number of carbonyl (C=O) groups is 1. The molecular formula is C24H18N2O3. The lowest BCUT2D eigenvalue weighted by Gasteiger charge is -2.07. The zero-order valence-corrected chi connectivity index (χ0v) is 15.8. The monoisotopic (exact) mass is 382 g/mol. The summed E-state index contributed by atoms with van der Waals surface area (Å²) in [6.45, 7) is 1.92. The molecule has 3 aromatic carbocycles. The van der Waals surface area contributed by atoms with Crippen LogP contribution in [0.2, 0.25) is 0 Å². The van der Waals surface area contributed by atoms with Crippen molar-refractivity contribution in [3.63, 3.8) is 0 Å². The summed E-state index contributed by atoms with van der Waals surface area (Å²) >= 11 is 0. The summed E-state index contributed by atoms with van der Waals surface area (Å²) < 4.78 is 11.1. The van der Waals surface area contributed by atoms with E-state index in [2.05, 4.69) is 10.2 Å². The Labute approximate surface area is 168 Å². The molecule has 5 heteroatoms. The number of aromatic nitrogens is 2. The molecule has 0 aliphatic rings. The van der Waals surface area contributed by atoms with E-state index in [4.69, 9.17) is 9.47 Å². The Hall–Kier alpha value is -3.99. The van der Waals surface area contributed by atoms with Crippen LogP contribution >= 0.6 is 0 Å². The predicted octanol–water partition coefficient (Wildman–Crippen LogP) is 5.46. The smallest absolute Gasteiger partial charge is 0.344 e. The highest BCUT2D eigenvalue weighted by Gasteiger charge is 2.10. The van der Waals surface area contributed by atoms with Crippen LogP contribution in [0.3, 0.4) is 0 Å². The van der Waals surface area contributed by atoms with Crippen molar-refractivity contribution in [2.75, 3.05) is 0 Å². The van der Waals surface area contributed by atoms with Gasteiger partial charge < -0.3 is 9.47 Å². The number of hydrogen-bond acceptors (Lipinski definition) is 5. The van der Waals surface area contributed by atoms with Gasteiger partial charge in [-0.25, -0.2) is 4.79 Å². The Morgan fingerprint density at radius 3 is 2.21 bits per heavy atom. The summed E-state index contributed by atoms with van der Waals surface area (Å²) in [7, 11) is 0. The van der Waals surface area contributed by atoms with Gasteiger partial charge in [0.05, 0.1) is 11.3 Å². The molecule has 4 rings (SSSR count). The molecule has 0 spiro atoms. The molecule has 0 atom stereocenters. The van der Waals surface area contributed by atoms with E-state index in [0.717, 1.165) is 22.6 Å². The molecular weight excluding hydrogens is 364 g/mol. The van der Waals surface area contributed by atoms with Crippen molar-refractivity contribution in [3.05, 3.63) is 102 Å². The molecule has 5 nitrogen and oxygen atoms in total. The molecule has 1 aromatic heterocycles. The molecule has 0 amide bonds. The Morgan fingerprint density at radius 1 is 0.759 bits per heavy atom. The zero-order chi connectivity index (χ0) is 20.1. The van der Waals surface area contributed by atoms with Crippen LogP contribution in [0.5, 0.6) is 17.4 Å². The van der Waals surface area contributed by atoms with Gasteiger partial charge in [-0.3, -0.25) is 0 Å². The van der Waals surface area contributed by atoms with Crippen LogP contribution in [-0.4, -0.2) is 16.2 Å². The average molecular weight is 382 g/mol. The van der Waals surface area contributed by atoms with E-state index >= 15 is 0 Å². The van der Waals surface area contributed by atoms with Crippen LogP contribution in [-0.2, 0) is 0 Å². The molecule has 142 valence electrons. The summed E-state index contributed by atoms with van der Waals surface area (Å²) in [4.78, 5) is 12.2. The van der Waals surface area contributed by atoms with Gasteiger partial charge in [0.15, 0.2) is 0 Å². The van der Waals surface area contributed by atoms with E-state index in [1.165, 1.54) is 0 Å². The average Bonchev–Trinajstić information content (AvgIpc) is 2.76. The van der Waals surface area contributed by atoms with E-state index in [0.29, 0.717) is 11.3 Å². The topological polar surface area (TPSA) is 61.3 Å². The minimum Gasteiger partial charge on any atom is -0.457 e. The van der Waals surface area contributed by atoms with Gasteiger partial charge in [0.1, 0.15) is 11.5 Å².